The Labute approximate surface area is 62.0 Å². The zero-order valence-corrected chi connectivity index (χ0v) is 6.59. The molecule has 0 aromatic carbocycles. The highest BCUT2D eigenvalue weighted by molar-refractivity contribution is 5.92. The third-order valence-electron chi connectivity index (χ3n) is 1.04. The SMILES string of the molecule is C=CC(=NC)NCC(C)N. The number of amidine groups is 1. The van der Waals surface area contributed by atoms with E-state index in [1.54, 1.807) is 13.1 Å². The van der Waals surface area contributed by atoms with Gasteiger partial charge in [-0.1, -0.05) is 6.58 Å². The summed E-state index contributed by atoms with van der Waals surface area (Å²) in [4.78, 5) is 3.91. The molecule has 0 saturated carbocycles. The van der Waals surface area contributed by atoms with E-state index in [0.717, 1.165) is 12.4 Å². The number of nitrogens with two attached hydrogens (primary N) is 1. The molecule has 0 bridgehead atoms. The minimum Gasteiger partial charge on any atom is -0.369 e. The second kappa shape index (κ2) is 4.99. The maximum Gasteiger partial charge on any atom is 0.119 e. The Hall–Kier alpha value is -0.830. The molecule has 0 aromatic heterocycles. The van der Waals surface area contributed by atoms with Crippen molar-refractivity contribution in [1.29, 1.82) is 0 Å². The molecule has 0 aliphatic heterocycles. The van der Waals surface area contributed by atoms with Gasteiger partial charge >= 0.3 is 0 Å². The van der Waals surface area contributed by atoms with Crippen molar-refractivity contribution in [2.45, 2.75) is 13.0 Å². The van der Waals surface area contributed by atoms with E-state index in [2.05, 4.69) is 16.9 Å². The lowest BCUT2D eigenvalue weighted by Crippen LogP contribution is -2.34. The summed E-state index contributed by atoms with van der Waals surface area (Å²) in [5, 5.41) is 3.03. The Morgan fingerprint density at radius 3 is 2.80 bits per heavy atom. The van der Waals surface area contributed by atoms with Crippen molar-refractivity contribution in [1.82, 2.24) is 5.32 Å². The first-order valence-corrected chi connectivity index (χ1v) is 3.29. The van der Waals surface area contributed by atoms with E-state index >= 15 is 0 Å². The molecule has 58 valence electrons. The first-order chi connectivity index (χ1) is 4.70. The highest BCUT2D eigenvalue weighted by atomic mass is 15.0. The van der Waals surface area contributed by atoms with Crippen LogP contribution in [-0.4, -0.2) is 25.5 Å². The Kier molecular flexibility index (Phi) is 4.58. The lowest BCUT2D eigenvalue weighted by atomic mass is 10.3. The van der Waals surface area contributed by atoms with Gasteiger partial charge in [-0.05, 0) is 13.0 Å². The van der Waals surface area contributed by atoms with Crippen LogP contribution in [0, 0.1) is 0 Å². The molecule has 1 unspecified atom stereocenters. The molecule has 3 nitrogen and oxygen atoms in total. The highest BCUT2D eigenvalue weighted by Gasteiger charge is 1.93. The zero-order chi connectivity index (χ0) is 7.98. The smallest absolute Gasteiger partial charge is 0.119 e. The molecule has 0 aliphatic carbocycles. The molecule has 0 aromatic rings. The predicted octanol–water partition coefficient (Wildman–Crippen LogP) is 0.137. The maximum absolute atomic E-state index is 5.50. The van der Waals surface area contributed by atoms with Crippen molar-refractivity contribution in [2.24, 2.45) is 10.7 Å². The van der Waals surface area contributed by atoms with Crippen molar-refractivity contribution in [3.8, 4) is 0 Å². The summed E-state index contributed by atoms with van der Waals surface area (Å²) in [5.41, 5.74) is 5.50. The lowest BCUT2D eigenvalue weighted by Gasteiger charge is -2.07. The second-order valence-corrected chi connectivity index (χ2v) is 2.17. The molecule has 3 N–H and O–H groups in total. The van der Waals surface area contributed by atoms with Crippen LogP contribution in [0.1, 0.15) is 6.92 Å². The van der Waals surface area contributed by atoms with Crippen molar-refractivity contribution >= 4 is 5.84 Å². The van der Waals surface area contributed by atoms with Gasteiger partial charge in [-0.25, -0.2) is 0 Å². The van der Waals surface area contributed by atoms with E-state index in [1.165, 1.54) is 0 Å². The molecule has 1 atom stereocenters. The Morgan fingerprint density at radius 1 is 1.90 bits per heavy atom. The number of nitrogens with zero attached hydrogens (tertiary/aromatic N) is 1. The van der Waals surface area contributed by atoms with Crippen LogP contribution in [0.15, 0.2) is 17.6 Å². The van der Waals surface area contributed by atoms with Crippen LogP contribution in [-0.2, 0) is 0 Å². The molecule has 0 fully saturated rings. The van der Waals surface area contributed by atoms with Crippen molar-refractivity contribution in [2.75, 3.05) is 13.6 Å². The number of hydrogen-bond acceptors (Lipinski definition) is 2. The van der Waals surface area contributed by atoms with Crippen LogP contribution < -0.4 is 11.1 Å². The molecule has 0 rings (SSSR count). The fraction of sp³-hybridized carbons (Fsp3) is 0.571. The largest absolute Gasteiger partial charge is 0.369 e. The molecule has 3 heteroatoms. The van der Waals surface area contributed by atoms with E-state index < -0.39 is 0 Å². The summed E-state index contributed by atoms with van der Waals surface area (Å²) >= 11 is 0. The number of nitrogens with one attached hydrogen (secondary N) is 1. The molecule has 0 aliphatic rings. The van der Waals surface area contributed by atoms with Gasteiger partial charge in [-0.3, -0.25) is 4.99 Å². The van der Waals surface area contributed by atoms with Crippen LogP contribution in [0.25, 0.3) is 0 Å². The third kappa shape index (κ3) is 4.09. The minimum absolute atomic E-state index is 0.150. The number of hydrogen-bond donors (Lipinski definition) is 2. The van der Waals surface area contributed by atoms with Crippen molar-refractivity contribution in [3.63, 3.8) is 0 Å². The van der Waals surface area contributed by atoms with Gasteiger partial charge in [0.2, 0.25) is 0 Å². The second-order valence-electron chi connectivity index (χ2n) is 2.17. The lowest BCUT2D eigenvalue weighted by molar-refractivity contribution is 0.705. The average Bonchev–Trinajstić information content (AvgIpc) is 1.90. The van der Waals surface area contributed by atoms with E-state index in [9.17, 15) is 0 Å². The molecule has 0 radical (unpaired) electrons. The standard InChI is InChI=1S/C7H15N3/c1-4-7(9-3)10-5-6(2)8/h4,6H,1,5,8H2,2-3H3,(H,9,10). The van der Waals surface area contributed by atoms with Gasteiger partial charge < -0.3 is 11.1 Å². The monoisotopic (exact) mass is 141 g/mol. The Morgan fingerprint density at radius 2 is 2.50 bits per heavy atom. The summed E-state index contributed by atoms with van der Waals surface area (Å²) in [5.74, 6) is 0.789. The quantitative estimate of drug-likeness (QED) is 0.434. The highest BCUT2D eigenvalue weighted by Crippen LogP contribution is 1.75. The topological polar surface area (TPSA) is 50.4 Å². The Bertz CT molecular complexity index is 127. The fourth-order valence-corrected chi connectivity index (χ4v) is 0.508. The van der Waals surface area contributed by atoms with E-state index in [4.69, 9.17) is 5.73 Å². The molecule has 0 saturated heterocycles. The first-order valence-electron chi connectivity index (χ1n) is 3.29. The van der Waals surface area contributed by atoms with Gasteiger partial charge in [0.15, 0.2) is 0 Å². The number of aliphatic imine (C=N–C) groups is 1. The summed E-state index contributed by atoms with van der Waals surface area (Å²) in [6, 6.07) is 0.150. The van der Waals surface area contributed by atoms with Crippen LogP contribution in [0.5, 0.6) is 0 Å². The Balaban J connectivity index is 3.56. The van der Waals surface area contributed by atoms with Gasteiger partial charge in [0.25, 0.3) is 0 Å². The first kappa shape index (κ1) is 9.17. The summed E-state index contributed by atoms with van der Waals surface area (Å²) < 4.78 is 0. The number of rotatable bonds is 3. The molecular formula is C7H15N3. The average molecular weight is 141 g/mol. The van der Waals surface area contributed by atoms with Gasteiger partial charge in [-0.15, -0.1) is 0 Å². The van der Waals surface area contributed by atoms with Crippen LogP contribution >= 0.6 is 0 Å². The minimum atomic E-state index is 0.150. The van der Waals surface area contributed by atoms with E-state index in [1.807, 2.05) is 6.92 Å². The summed E-state index contributed by atoms with van der Waals surface area (Å²) in [6.45, 7) is 6.24. The van der Waals surface area contributed by atoms with Gasteiger partial charge in [0.05, 0.1) is 0 Å². The normalized spacial score (nSPS) is 14.5. The third-order valence-corrected chi connectivity index (χ3v) is 1.04. The zero-order valence-electron chi connectivity index (χ0n) is 6.59. The molecule has 0 spiro atoms. The van der Waals surface area contributed by atoms with E-state index in [0.29, 0.717) is 0 Å². The molecule has 0 amide bonds. The molecule has 10 heavy (non-hydrogen) atoms. The van der Waals surface area contributed by atoms with Crippen LogP contribution in [0.3, 0.4) is 0 Å². The molecular weight excluding hydrogens is 126 g/mol. The summed E-state index contributed by atoms with van der Waals surface area (Å²) in [6.07, 6.45) is 1.67. The van der Waals surface area contributed by atoms with E-state index in [-0.39, 0.29) is 6.04 Å². The fourth-order valence-electron chi connectivity index (χ4n) is 0.508. The van der Waals surface area contributed by atoms with Gasteiger partial charge in [0.1, 0.15) is 5.84 Å². The van der Waals surface area contributed by atoms with Crippen LogP contribution in [0.2, 0.25) is 0 Å². The van der Waals surface area contributed by atoms with Gasteiger partial charge in [-0.2, -0.15) is 0 Å². The maximum atomic E-state index is 5.50. The summed E-state index contributed by atoms with van der Waals surface area (Å²) in [7, 11) is 1.71. The van der Waals surface area contributed by atoms with Gasteiger partial charge in [0, 0.05) is 19.6 Å². The van der Waals surface area contributed by atoms with Crippen molar-refractivity contribution in [3.05, 3.63) is 12.7 Å². The molecule has 0 heterocycles. The predicted molar refractivity (Wildman–Crippen MR) is 45.2 cm³/mol. The van der Waals surface area contributed by atoms with Crippen molar-refractivity contribution < 1.29 is 0 Å². The van der Waals surface area contributed by atoms with Crippen LogP contribution in [0.4, 0.5) is 0 Å².